The monoisotopic (exact) mass is 401 g/mol. The lowest BCUT2D eigenvalue weighted by Crippen LogP contribution is -2.26. The van der Waals surface area contributed by atoms with Gasteiger partial charge in [-0.1, -0.05) is 23.8 Å². The zero-order chi connectivity index (χ0) is 21.4. The van der Waals surface area contributed by atoms with Crippen LogP contribution in [0.25, 0.3) is 10.9 Å². The second kappa shape index (κ2) is 7.59. The number of amides is 1. The van der Waals surface area contributed by atoms with Crippen molar-refractivity contribution in [3.8, 4) is 0 Å². The second-order valence-corrected chi connectivity index (χ2v) is 7.56. The molecule has 0 aliphatic rings. The summed E-state index contributed by atoms with van der Waals surface area (Å²) in [5, 5.41) is 12.0. The molecule has 4 rings (SSSR count). The van der Waals surface area contributed by atoms with Crippen molar-refractivity contribution in [2.75, 3.05) is 5.32 Å². The Morgan fingerprint density at radius 1 is 1.03 bits per heavy atom. The SMILES string of the molecule is Cc1ccc2c(c1)c(=O)c(C(=O)Nc1cccc(Cn3nc(C)cc3C)c1)nn2C. The van der Waals surface area contributed by atoms with Gasteiger partial charge in [-0.05, 0) is 56.7 Å². The summed E-state index contributed by atoms with van der Waals surface area (Å²) in [6.45, 7) is 6.47. The Balaban J connectivity index is 1.62. The standard InChI is InChI=1S/C23H23N5O2/c1-14-8-9-20-19(10-14)22(29)21(26-27(20)4)23(30)24-18-7-5-6-17(12-18)13-28-16(3)11-15(2)25-28/h5-12H,13H2,1-4H3,(H,24,30). The summed E-state index contributed by atoms with van der Waals surface area (Å²) in [7, 11) is 1.73. The first-order valence-electron chi connectivity index (χ1n) is 9.71. The number of aryl methyl sites for hydroxylation is 4. The Morgan fingerprint density at radius 3 is 2.57 bits per heavy atom. The van der Waals surface area contributed by atoms with E-state index in [9.17, 15) is 9.59 Å². The van der Waals surface area contributed by atoms with Gasteiger partial charge in [0, 0.05) is 18.4 Å². The van der Waals surface area contributed by atoms with Gasteiger partial charge in [-0.2, -0.15) is 10.2 Å². The summed E-state index contributed by atoms with van der Waals surface area (Å²) in [6, 6.07) is 15.1. The Morgan fingerprint density at radius 2 is 1.83 bits per heavy atom. The fourth-order valence-electron chi connectivity index (χ4n) is 3.58. The molecular formula is C23H23N5O2. The quantitative estimate of drug-likeness (QED) is 0.569. The van der Waals surface area contributed by atoms with Crippen molar-refractivity contribution in [2.45, 2.75) is 27.3 Å². The summed E-state index contributed by atoms with van der Waals surface area (Å²) < 4.78 is 3.48. The molecule has 0 radical (unpaired) electrons. The maximum absolute atomic E-state index is 12.9. The van der Waals surface area contributed by atoms with Crippen molar-refractivity contribution in [1.82, 2.24) is 19.6 Å². The van der Waals surface area contributed by atoms with Gasteiger partial charge in [0.2, 0.25) is 5.43 Å². The highest BCUT2D eigenvalue weighted by Crippen LogP contribution is 2.15. The molecule has 0 unspecified atom stereocenters. The van der Waals surface area contributed by atoms with Crippen molar-refractivity contribution in [1.29, 1.82) is 0 Å². The van der Waals surface area contributed by atoms with Gasteiger partial charge >= 0.3 is 0 Å². The molecule has 1 amide bonds. The molecule has 0 fully saturated rings. The number of nitrogens with zero attached hydrogens (tertiary/aromatic N) is 4. The van der Waals surface area contributed by atoms with Gasteiger partial charge in [0.15, 0.2) is 5.69 Å². The van der Waals surface area contributed by atoms with Crippen LogP contribution in [-0.4, -0.2) is 25.5 Å². The third-order valence-electron chi connectivity index (χ3n) is 5.05. The third-order valence-corrected chi connectivity index (χ3v) is 5.05. The maximum Gasteiger partial charge on any atom is 0.280 e. The number of benzene rings is 2. The molecule has 0 saturated heterocycles. The van der Waals surface area contributed by atoms with Crippen molar-refractivity contribution in [3.63, 3.8) is 0 Å². The molecule has 1 N–H and O–H groups in total. The highest BCUT2D eigenvalue weighted by atomic mass is 16.2. The summed E-state index contributed by atoms with van der Waals surface area (Å²) in [5.74, 6) is -0.526. The molecule has 4 aromatic rings. The van der Waals surface area contributed by atoms with Crippen LogP contribution in [0, 0.1) is 20.8 Å². The van der Waals surface area contributed by atoms with Crippen LogP contribution in [0.15, 0.2) is 53.3 Å². The first-order valence-corrected chi connectivity index (χ1v) is 9.71. The van der Waals surface area contributed by atoms with Crippen LogP contribution < -0.4 is 10.7 Å². The molecule has 0 aliphatic carbocycles. The molecule has 0 aliphatic heterocycles. The predicted molar refractivity (Wildman–Crippen MR) is 117 cm³/mol. The minimum absolute atomic E-state index is 0.125. The Bertz CT molecular complexity index is 1330. The van der Waals surface area contributed by atoms with E-state index in [1.807, 2.05) is 61.9 Å². The summed E-state index contributed by atoms with van der Waals surface area (Å²) in [5.41, 5.74) is 4.78. The number of hydrogen-bond acceptors (Lipinski definition) is 4. The zero-order valence-electron chi connectivity index (χ0n) is 17.4. The van der Waals surface area contributed by atoms with Crippen molar-refractivity contribution < 1.29 is 4.79 Å². The minimum Gasteiger partial charge on any atom is -0.320 e. The fraction of sp³-hybridized carbons (Fsp3) is 0.217. The molecule has 7 heteroatoms. The maximum atomic E-state index is 12.9. The molecule has 2 aromatic carbocycles. The Kier molecular flexibility index (Phi) is 4.95. The van der Waals surface area contributed by atoms with Gasteiger partial charge in [-0.15, -0.1) is 0 Å². The fourth-order valence-corrected chi connectivity index (χ4v) is 3.58. The number of fused-ring (bicyclic) bond motifs is 1. The highest BCUT2D eigenvalue weighted by Gasteiger charge is 2.17. The van der Waals surface area contributed by atoms with Crippen LogP contribution in [-0.2, 0) is 13.6 Å². The minimum atomic E-state index is -0.526. The van der Waals surface area contributed by atoms with Crippen LogP contribution in [0.5, 0.6) is 0 Å². The smallest absolute Gasteiger partial charge is 0.280 e. The molecule has 152 valence electrons. The van der Waals surface area contributed by atoms with Gasteiger partial charge in [0.1, 0.15) is 0 Å². The molecule has 30 heavy (non-hydrogen) atoms. The molecular weight excluding hydrogens is 378 g/mol. The molecule has 2 aromatic heterocycles. The van der Waals surface area contributed by atoms with Crippen LogP contribution >= 0.6 is 0 Å². The summed E-state index contributed by atoms with van der Waals surface area (Å²) in [4.78, 5) is 25.7. The summed E-state index contributed by atoms with van der Waals surface area (Å²) >= 11 is 0. The van der Waals surface area contributed by atoms with Crippen LogP contribution in [0.1, 0.15) is 33.0 Å². The van der Waals surface area contributed by atoms with E-state index in [0.717, 1.165) is 22.5 Å². The molecule has 0 saturated carbocycles. The van der Waals surface area contributed by atoms with Crippen molar-refractivity contribution in [2.24, 2.45) is 7.05 Å². The average Bonchev–Trinajstić information content (AvgIpc) is 3.01. The van der Waals surface area contributed by atoms with E-state index in [2.05, 4.69) is 15.5 Å². The van der Waals surface area contributed by atoms with Gasteiger partial charge in [-0.25, -0.2) is 0 Å². The van der Waals surface area contributed by atoms with Gasteiger partial charge < -0.3 is 5.32 Å². The number of carbonyl (C=O) groups excluding carboxylic acids is 1. The predicted octanol–water partition coefficient (Wildman–Crippen LogP) is 3.36. The molecule has 0 bridgehead atoms. The zero-order valence-corrected chi connectivity index (χ0v) is 17.4. The summed E-state index contributed by atoms with van der Waals surface area (Å²) in [6.07, 6.45) is 0. The number of hydrogen-bond donors (Lipinski definition) is 1. The number of anilines is 1. The van der Waals surface area contributed by atoms with E-state index in [4.69, 9.17) is 0 Å². The average molecular weight is 401 g/mol. The largest absolute Gasteiger partial charge is 0.320 e. The number of nitrogens with one attached hydrogen (secondary N) is 1. The van der Waals surface area contributed by atoms with Crippen LogP contribution in [0.3, 0.4) is 0 Å². The topological polar surface area (TPSA) is 81.8 Å². The van der Waals surface area contributed by atoms with Crippen molar-refractivity contribution in [3.05, 3.63) is 87.0 Å². The van der Waals surface area contributed by atoms with Crippen LogP contribution in [0.2, 0.25) is 0 Å². The Hall–Kier alpha value is -3.74. The van der Waals surface area contributed by atoms with E-state index in [1.165, 1.54) is 0 Å². The van der Waals surface area contributed by atoms with E-state index >= 15 is 0 Å². The van der Waals surface area contributed by atoms with Crippen LogP contribution in [0.4, 0.5) is 5.69 Å². The first-order chi connectivity index (χ1) is 14.3. The molecule has 7 nitrogen and oxygen atoms in total. The van der Waals surface area contributed by atoms with Gasteiger partial charge in [0.05, 0.1) is 23.1 Å². The number of rotatable bonds is 4. The molecule has 2 heterocycles. The van der Waals surface area contributed by atoms with E-state index in [0.29, 0.717) is 23.1 Å². The number of carbonyl (C=O) groups is 1. The molecule has 0 atom stereocenters. The number of aromatic nitrogens is 4. The lowest BCUT2D eigenvalue weighted by molar-refractivity contribution is 0.101. The van der Waals surface area contributed by atoms with Gasteiger partial charge in [-0.3, -0.25) is 19.0 Å². The van der Waals surface area contributed by atoms with Crippen molar-refractivity contribution >= 4 is 22.5 Å². The van der Waals surface area contributed by atoms with E-state index in [-0.39, 0.29) is 11.1 Å². The second-order valence-electron chi connectivity index (χ2n) is 7.56. The normalized spacial score (nSPS) is 11.1. The molecule has 0 spiro atoms. The Labute approximate surface area is 174 Å². The lowest BCUT2D eigenvalue weighted by atomic mass is 10.1. The van der Waals surface area contributed by atoms with Gasteiger partial charge in [0.25, 0.3) is 5.91 Å². The third kappa shape index (κ3) is 3.74. The highest BCUT2D eigenvalue weighted by molar-refractivity contribution is 6.04. The van der Waals surface area contributed by atoms with E-state index < -0.39 is 5.91 Å². The lowest BCUT2D eigenvalue weighted by Gasteiger charge is -2.10. The first kappa shape index (κ1) is 19.6. The van der Waals surface area contributed by atoms with E-state index in [1.54, 1.807) is 23.9 Å².